The van der Waals surface area contributed by atoms with Crippen molar-refractivity contribution in [2.24, 2.45) is 5.41 Å². The van der Waals surface area contributed by atoms with Gasteiger partial charge in [-0.25, -0.2) is 0 Å². The molecule has 1 saturated carbocycles. The van der Waals surface area contributed by atoms with Crippen molar-refractivity contribution < 1.29 is 23.1 Å². The lowest BCUT2D eigenvalue weighted by atomic mass is 9.85. The minimum absolute atomic E-state index is 0. The molecule has 0 amide bonds. The van der Waals surface area contributed by atoms with E-state index in [4.69, 9.17) is 5.11 Å². The van der Waals surface area contributed by atoms with E-state index >= 15 is 0 Å². The summed E-state index contributed by atoms with van der Waals surface area (Å²) >= 11 is 0. The summed E-state index contributed by atoms with van der Waals surface area (Å²) in [6.07, 6.45) is -5.25. The quantitative estimate of drug-likeness (QED) is 0.893. The maximum atomic E-state index is 13.0. The Morgan fingerprint density at radius 2 is 1.95 bits per heavy atom. The Hall–Kier alpha value is -1.27. The highest BCUT2D eigenvalue weighted by Gasteiger charge is 2.63. The van der Waals surface area contributed by atoms with Gasteiger partial charge >= 0.3 is 12.1 Å². The molecule has 118 valence electrons. The van der Waals surface area contributed by atoms with Gasteiger partial charge in [0.05, 0.1) is 0 Å². The first-order chi connectivity index (χ1) is 9.35. The normalized spacial score (nSPS) is 25.4. The van der Waals surface area contributed by atoms with Crippen LogP contribution in [0.4, 0.5) is 13.2 Å². The number of rotatable bonds is 4. The summed E-state index contributed by atoms with van der Waals surface area (Å²) < 4.78 is 39.0. The van der Waals surface area contributed by atoms with E-state index in [1.807, 2.05) is 30.3 Å². The summed E-state index contributed by atoms with van der Waals surface area (Å²) in [4.78, 5) is 11.0. The zero-order chi connectivity index (χ0) is 14.8. The number of benzene rings is 1. The molecule has 0 heterocycles. The third-order valence-electron chi connectivity index (χ3n) is 3.90. The highest BCUT2D eigenvalue weighted by molar-refractivity contribution is 5.85. The van der Waals surface area contributed by atoms with Crippen LogP contribution in [-0.2, 0) is 11.3 Å². The van der Waals surface area contributed by atoms with E-state index in [9.17, 15) is 18.0 Å². The number of aliphatic carboxylic acids is 1. The fraction of sp³-hybridized carbons (Fsp3) is 0.500. The molecule has 0 spiro atoms. The minimum atomic E-state index is -4.71. The zero-order valence-corrected chi connectivity index (χ0v) is 12.0. The molecule has 3 nitrogen and oxygen atoms in total. The van der Waals surface area contributed by atoms with E-state index in [0.29, 0.717) is 6.54 Å². The molecule has 2 N–H and O–H groups in total. The molecule has 2 atom stereocenters. The number of carboxylic acid groups (broad SMARTS) is 1. The Labute approximate surface area is 127 Å². The highest BCUT2D eigenvalue weighted by atomic mass is 35.5. The summed E-state index contributed by atoms with van der Waals surface area (Å²) in [7, 11) is 0. The van der Waals surface area contributed by atoms with Crippen molar-refractivity contribution in [1.29, 1.82) is 0 Å². The number of carbonyl (C=O) groups is 1. The molecule has 0 unspecified atom stereocenters. The van der Waals surface area contributed by atoms with E-state index in [1.165, 1.54) is 0 Å². The monoisotopic (exact) mass is 323 g/mol. The molecule has 1 aliphatic carbocycles. The van der Waals surface area contributed by atoms with Gasteiger partial charge in [0.1, 0.15) is 0 Å². The van der Waals surface area contributed by atoms with Gasteiger partial charge in [0.2, 0.25) is 0 Å². The second kappa shape index (κ2) is 6.66. The van der Waals surface area contributed by atoms with Gasteiger partial charge in [-0.3, -0.25) is 4.79 Å². The lowest BCUT2D eigenvalue weighted by molar-refractivity contribution is -0.230. The van der Waals surface area contributed by atoms with Gasteiger partial charge in [0.25, 0.3) is 0 Å². The van der Waals surface area contributed by atoms with Crippen LogP contribution in [0.1, 0.15) is 24.8 Å². The zero-order valence-electron chi connectivity index (χ0n) is 11.2. The number of hydrogen-bond donors (Lipinski definition) is 2. The SMILES string of the molecule is Cl.O=C(O)[C@]1(C(F)(F)F)CC[C@H](NCc2ccccc2)C1. The molecule has 1 fully saturated rings. The summed E-state index contributed by atoms with van der Waals surface area (Å²) in [5.74, 6) is -1.77. The third kappa shape index (κ3) is 3.68. The molecule has 1 aromatic carbocycles. The van der Waals surface area contributed by atoms with Crippen molar-refractivity contribution in [3.8, 4) is 0 Å². The van der Waals surface area contributed by atoms with Crippen LogP contribution in [0.2, 0.25) is 0 Å². The van der Waals surface area contributed by atoms with Crippen LogP contribution in [0.25, 0.3) is 0 Å². The van der Waals surface area contributed by atoms with Crippen LogP contribution in [0, 0.1) is 5.41 Å². The summed E-state index contributed by atoms with van der Waals surface area (Å²) in [6, 6.07) is 8.88. The van der Waals surface area contributed by atoms with Crippen LogP contribution >= 0.6 is 12.4 Å². The van der Waals surface area contributed by atoms with Crippen molar-refractivity contribution in [2.75, 3.05) is 0 Å². The average molecular weight is 324 g/mol. The first-order valence-corrected chi connectivity index (χ1v) is 6.42. The molecular weight excluding hydrogens is 307 g/mol. The molecular formula is C14H17ClF3NO2. The first-order valence-electron chi connectivity index (χ1n) is 6.42. The smallest absolute Gasteiger partial charge is 0.404 e. The molecule has 0 radical (unpaired) electrons. The fourth-order valence-electron chi connectivity index (χ4n) is 2.65. The predicted octanol–water partition coefficient (Wildman–Crippen LogP) is 3.38. The van der Waals surface area contributed by atoms with Crippen molar-refractivity contribution in [2.45, 2.75) is 38.0 Å². The largest absolute Gasteiger partial charge is 0.481 e. The number of hydrogen-bond acceptors (Lipinski definition) is 2. The number of halogens is 4. The average Bonchev–Trinajstić information content (AvgIpc) is 2.83. The number of alkyl halides is 3. The molecule has 2 rings (SSSR count). The Morgan fingerprint density at radius 3 is 2.43 bits per heavy atom. The molecule has 0 aliphatic heterocycles. The van der Waals surface area contributed by atoms with Crippen molar-refractivity contribution in [3.63, 3.8) is 0 Å². The Kier molecular flexibility index (Phi) is 5.64. The minimum Gasteiger partial charge on any atom is -0.481 e. The van der Waals surface area contributed by atoms with E-state index < -0.39 is 30.0 Å². The van der Waals surface area contributed by atoms with E-state index in [2.05, 4.69) is 5.32 Å². The van der Waals surface area contributed by atoms with Gasteiger partial charge in [0, 0.05) is 12.6 Å². The van der Waals surface area contributed by atoms with Crippen molar-refractivity contribution in [3.05, 3.63) is 35.9 Å². The highest BCUT2D eigenvalue weighted by Crippen LogP contribution is 2.50. The van der Waals surface area contributed by atoms with Gasteiger partial charge in [0.15, 0.2) is 5.41 Å². The lowest BCUT2D eigenvalue weighted by Gasteiger charge is -2.27. The fourth-order valence-corrected chi connectivity index (χ4v) is 2.65. The molecule has 7 heteroatoms. The Balaban J connectivity index is 0.00000220. The van der Waals surface area contributed by atoms with Crippen molar-refractivity contribution in [1.82, 2.24) is 5.32 Å². The van der Waals surface area contributed by atoms with Gasteiger partial charge in [-0.1, -0.05) is 30.3 Å². The van der Waals surface area contributed by atoms with Crippen LogP contribution in [0.3, 0.4) is 0 Å². The summed E-state index contributed by atoms with van der Waals surface area (Å²) in [6.45, 7) is 0.444. The third-order valence-corrected chi connectivity index (χ3v) is 3.90. The van der Waals surface area contributed by atoms with Gasteiger partial charge in [-0.2, -0.15) is 13.2 Å². The van der Waals surface area contributed by atoms with Crippen LogP contribution in [0.5, 0.6) is 0 Å². The van der Waals surface area contributed by atoms with Crippen LogP contribution < -0.4 is 5.32 Å². The van der Waals surface area contributed by atoms with Crippen LogP contribution in [-0.4, -0.2) is 23.3 Å². The van der Waals surface area contributed by atoms with Gasteiger partial charge < -0.3 is 10.4 Å². The summed E-state index contributed by atoms with van der Waals surface area (Å²) in [5.41, 5.74) is -1.63. The maximum Gasteiger partial charge on any atom is 0.404 e. The van der Waals surface area contributed by atoms with Crippen LogP contribution in [0.15, 0.2) is 30.3 Å². The number of nitrogens with one attached hydrogen (secondary N) is 1. The Morgan fingerprint density at radius 1 is 1.33 bits per heavy atom. The topological polar surface area (TPSA) is 49.3 Å². The van der Waals surface area contributed by atoms with Crippen molar-refractivity contribution >= 4 is 18.4 Å². The molecule has 0 aromatic heterocycles. The predicted molar refractivity (Wildman–Crippen MR) is 74.3 cm³/mol. The summed E-state index contributed by atoms with van der Waals surface area (Å²) in [5, 5.41) is 12.0. The van der Waals surface area contributed by atoms with E-state index in [0.717, 1.165) is 5.56 Å². The molecule has 1 aromatic rings. The first kappa shape index (κ1) is 17.8. The van der Waals surface area contributed by atoms with Gasteiger partial charge in [-0.15, -0.1) is 12.4 Å². The molecule has 0 bridgehead atoms. The standard InChI is InChI=1S/C14H16F3NO2.ClH/c15-14(16,17)13(12(19)20)7-6-11(8-13)18-9-10-4-2-1-3-5-10;/h1-5,11,18H,6-9H2,(H,19,20);1H/t11-,13-;/m0./s1. The lowest BCUT2D eigenvalue weighted by Crippen LogP contribution is -2.44. The number of carboxylic acids is 1. The maximum absolute atomic E-state index is 13.0. The molecule has 1 aliphatic rings. The second-order valence-electron chi connectivity index (χ2n) is 5.19. The molecule has 21 heavy (non-hydrogen) atoms. The van der Waals surface area contributed by atoms with E-state index in [-0.39, 0.29) is 25.2 Å². The molecule has 0 saturated heterocycles. The van der Waals surface area contributed by atoms with Gasteiger partial charge in [-0.05, 0) is 24.8 Å². The van der Waals surface area contributed by atoms with E-state index in [1.54, 1.807) is 0 Å². The Bertz CT molecular complexity index is 481. The second-order valence-corrected chi connectivity index (χ2v) is 5.19.